The predicted molar refractivity (Wildman–Crippen MR) is 80.3 cm³/mol. The molecule has 106 valence electrons. The second kappa shape index (κ2) is 5.37. The lowest BCUT2D eigenvalue weighted by Crippen LogP contribution is -2.24. The van der Waals surface area contributed by atoms with Crippen molar-refractivity contribution >= 4 is 0 Å². The van der Waals surface area contributed by atoms with Crippen LogP contribution in [0.2, 0.25) is 0 Å². The number of halogens is 1. The summed E-state index contributed by atoms with van der Waals surface area (Å²) in [5, 5.41) is 10.7. The lowest BCUT2D eigenvalue weighted by Gasteiger charge is -2.25. The van der Waals surface area contributed by atoms with Crippen molar-refractivity contribution in [1.29, 1.82) is 0 Å². The molecule has 1 atom stereocenters. The molecule has 2 rings (SSSR count). The summed E-state index contributed by atoms with van der Waals surface area (Å²) in [6.45, 7) is 7.53. The van der Waals surface area contributed by atoms with Gasteiger partial charge in [-0.3, -0.25) is 0 Å². The van der Waals surface area contributed by atoms with Crippen LogP contribution < -0.4 is 0 Å². The monoisotopic (exact) mass is 272 g/mol. The Morgan fingerprint density at radius 1 is 1.00 bits per heavy atom. The zero-order valence-electron chi connectivity index (χ0n) is 12.5. The smallest absolute Gasteiger partial charge is 0.126 e. The highest BCUT2D eigenvalue weighted by atomic mass is 19.1. The van der Waals surface area contributed by atoms with Crippen molar-refractivity contribution in [3.63, 3.8) is 0 Å². The minimum Gasteiger partial charge on any atom is -0.385 e. The summed E-state index contributed by atoms with van der Waals surface area (Å²) < 4.78 is 13.7. The number of benzene rings is 2. The van der Waals surface area contributed by atoms with Crippen molar-refractivity contribution in [3.8, 4) is 0 Å². The van der Waals surface area contributed by atoms with E-state index in [1.165, 1.54) is 17.2 Å². The molecule has 0 fully saturated rings. The maximum Gasteiger partial charge on any atom is 0.126 e. The summed E-state index contributed by atoms with van der Waals surface area (Å²) in [6, 6.07) is 11.2. The van der Waals surface area contributed by atoms with E-state index in [-0.39, 0.29) is 5.82 Å². The van der Waals surface area contributed by atoms with Gasteiger partial charge in [0.2, 0.25) is 0 Å². The molecule has 2 heteroatoms. The van der Waals surface area contributed by atoms with Crippen LogP contribution in [-0.2, 0) is 12.0 Å². The van der Waals surface area contributed by atoms with Gasteiger partial charge in [-0.1, -0.05) is 41.5 Å². The molecular formula is C18H21FO. The molecule has 0 bridgehead atoms. The predicted octanol–water partition coefficient (Wildman–Crippen LogP) is 4.20. The molecule has 2 aromatic carbocycles. The number of rotatable bonds is 3. The Kier molecular flexibility index (Phi) is 3.96. The van der Waals surface area contributed by atoms with E-state index in [4.69, 9.17) is 0 Å². The van der Waals surface area contributed by atoms with E-state index in [0.717, 1.165) is 5.56 Å². The van der Waals surface area contributed by atoms with E-state index in [2.05, 4.69) is 18.2 Å². The van der Waals surface area contributed by atoms with Crippen LogP contribution in [0.1, 0.15) is 34.7 Å². The van der Waals surface area contributed by atoms with Gasteiger partial charge in [-0.05, 0) is 50.5 Å². The third kappa shape index (κ3) is 3.26. The summed E-state index contributed by atoms with van der Waals surface area (Å²) >= 11 is 0. The van der Waals surface area contributed by atoms with Crippen molar-refractivity contribution in [3.05, 3.63) is 70.0 Å². The van der Waals surface area contributed by atoms with Crippen molar-refractivity contribution in [2.24, 2.45) is 0 Å². The van der Waals surface area contributed by atoms with E-state index in [9.17, 15) is 9.50 Å². The first-order valence-corrected chi connectivity index (χ1v) is 6.84. The molecule has 0 aliphatic rings. The van der Waals surface area contributed by atoms with Crippen molar-refractivity contribution in [1.82, 2.24) is 0 Å². The SMILES string of the molecule is Cc1cc(C)cc(CC(C)(O)c2ccc(C)c(F)c2)c1. The van der Waals surface area contributed by atoms with Gasteiger partial charge in [0.1, 0.15) is 5.82 Å². The molecule has 0 aliphatic heterocycles. The second-order valence-corrected chi connectivity index (χ2v) is 5.91. The maximum atomic E-state index is 13.7. The zero-order valence-corrected chi connectivity index (χ0v) is 12.5. The summed E-state index contributed by atoms with van der Waals surface area (Å²) in [6.07, 6.45) is 0.470. The van der Waals surface area contributed by atoms with Crippen molar-refractivity contribution in [2.45, 2.75) is 39.7 Å². The van der Waals surface area contributed by atoms with E-state index in [1.54, 1.807) is 26.0 Å². The van der Waals surface area contributed by atoms with Gasteiger partial charge in [0.15, 0.2) is 0 Å². The van der Waals surface area contributed by atoms with Gasteiger partial charge >= 0.3 is 0 Å². The van der Waals surface area contributed by atoms with Gasteiger partial charge in [0, 0.05) is 6.42 Å². The fraction of sp³-hybridized carbons (Fsp3) is 0.333. The van der Waals surface area contributed by atoms with Crippen LogP contribution in [-0.4, -0.2) is 5.11 Å². The molecule has 2 aromatic rings. The molecule has 0 spiro atoms. The molecule has 0 saturated heterocycles. The Hall–Kier alpha value is -1.67. The van der Waals surface area contributed by atoms with Gasteiger partial charge in [-0.2, -0.15) is 0 Å². The normalized spacial score (nSPS) is 14.1. The number of aliphatic hydroxyl groups is 1. The van der Waals surface area contributed by atoms with E-state index >= 15 is 0 Å². The average Bonchev–Trinajstić information content (AvgIpc) is 2.30. The molecule has 0 saturated carbocycles. The van der Waals surface area contributed by atoms with Gasteiger partial charge < -0.3 is 5.11 Å². The van der Waals surface area contributed by atoms with Crippen LogP contribution in [0.15, 0.2) is 36.4 Å². The lowest BCUT2D eigenvalue weighted by atomic mass is 9.87. The molecule has 0 amide bonds. The standard InChI is InChI=1S/C18H21FO/c1-12-7-13(2)9-15(8-12)11-18(4,20)16-6-5-14(3)17(19)10-16/h5-10,20H,11H2,1-4H3. The van der Waals surface area contributed by atoms with Gasteiger partial charge in [-0.15, -0.1) is 0 Å². The number of aryl methyl sites for hydroxylation is 3. The minimum absolute atomic E-state index is 0.275. The van der Waals surface area contributed by atoms with Crippen LogP contribution in [0.3, 0.4) is 0 Å². The average molecular weight is 272 g/mol. The molecule has 0 aromatic heterocycles. The largest absolute Gasteiger partial charge is 0.385 e. The van der Waals surface area contributed by atoms with E-state index in [1.807, 2.05) is 13.8 Å². The van der Waals surface area contributed by atoms with Crippen molar-refractivity contribution < 1.29 is 9.50 Å². The number of hydrogen-bond acceptors (Lipinski definition) is 1. The molecule has 1 unspecified atom stereocenters. The third-order valence-electron chi connectivity index (χ3n) is 3.62. The molecule has 0 radical (unpaired) electrons. The molecule has 1 N–H and O–H groups in total. The van der Waals surface area contributed by atoms with Crippen LogP contribution in [0.5, 0.6) is 0 Å². The summed E-state index contributed by atoms with van der Waals surface area (Å²) in [7, 11) is 0. The van der Waals surface area contributed by atoms with E-state index < -0.39 is 5.60 Å². The quantitative estimate of drug-likeness (QED) is 0.887. The Bertz CT molecular complexity index is 609. The highest BCUT2D eigenvalue weighted by Crippen LogP contribution is 2.27. The minimum atomic E-state index is -1.07. The first-order chi connectivity index (χ1) is 9.28. The molecular weight excluding hydrogens is 251 g/mol. The molecule has 0 heterocycles. The molecule has 1 nitrogen and oxygen atoms in total. The zero-order chi connectivity index (χ0) is 14.9. The van der Waals surface area contributed by atoms with Crippen LogP contribution >= 0.6 is 0 Å². The molecule has 0 aliphatic carbocycles. The first-order valence-electron chi connectivity index (χ1n) is 6.84. The Morgan fingerprint density at radius 2 is 1.60 bits per heavy atom. The highest BCUT2D eigenvalue weighted by molar-refractivity contribution is 5.33. The van der Waals surface area contributed by atoms with Crippen LogP contribution in [0.25, 0.3) is 0 Å². The Balaban J connectivity index is 2.32. The molecule has 20 heavy (non-hydrogen) atoms. The first kappa shape index (κ1) is 14.7. The summed E-state index contributed by atoms with van der Waals surface area (Å²) in [4.78, 5) is 0. The van der Waals surface area contributed by atoms with Gasteiger partial charge in [0.25, 0.3) is 0 Å². The van der Waals surface area contributed by atoms with Crippen molar-refractivity contribution in [2.75, 3.05) is 0 Å². The fourth-order valence-electron chi connectivity index (χ4n) is 2.60. The Morgan fingerprint density at radius 3 is 2.15 bits per heavy atom. The second-order valence-electron chi connectivity index (χ2n) is 5.91. The highest BCUT2D eigenvalue weighted by Gasteiger charge is 2.24. The Labute approximate surface area is 120 Å². The lowest BCUT2D eigenvalue weighted by molar-refractivity contribution is 0.0572. The summed E-state index contributed by atoms with van der Waals surface area (Å²) in [5.74, 6) is -0.275. The maximum absolute atomic E-state index is 13.7. The van der Waals surface area contributed by atoms with E-state index in [0.29, 0.717) is 17.5 Å². The van der Waals surface area contributed by atoms with Gasteiger partial charge in [0.05, 0.1) is 5.60 Å². The van der Waals surface area contributed by atoms with Crippen LogP contribution in [0.4, 0.5) is 4.39 Å². The summed E-state index contributed by atoms with van der Waals surface area (Å²) in [5.41, 5.74) is 3.54. The number of hydrogen-bond donors (Lipinski definition) is 1. The topological polar surface area (TPSA) is 20.2 Å². The fourth-order valence-corrected chi connectivity index (χ4v) is 2.60. The third-order valence-corrected chi connectivity index (χ3v) is 3.62. The van der Waals surface area contributed by atoms with Gasteiger partial charge in [-0.25, -0.2) is 4.39 Å². The van der Waals surface area contributed by atoms with Crippen LogP contribution in [0, 0.1) is 26.6 Å².